The summed E-state index contributed by atoms with van der Waals surface area (Å²) in [5.41, 5.74) is 1.03. The van der Waals surface area contributed by atoms with Crippen molar-refractivity contribution in [2.45, 2.75) is 66.0 Å². The molecule has 3 fully saturated rings. The van der Waals surface area contributed by atoms with E-state index in [9.17, 15) is 0 Å². The molecule has 4 atom stereocenters. The molecule has 0 aromatic rings. The Bertz CT molecular complexity index is 381. The standard InChI is InChI=1S/C19H37N3/c1-6-21-9-11-22(12-10-21)15(2)14-20-17-18(3,4)16-7-8-19(17,5)13-16/h15-17,20H,6-14H2,1-5H3/t15-,16+,17-,19+/m1/s1. The van der Waals surface area contributed by atoms with Gasteiger partial charge in [-0.25, -0.2) is 0 Å². The van der Waals surface area contributed by atoms with Crippen molar-refractivity contribution in [1.29, 1.82) is 0 Å². The van der Waals surface area contributed by atoms with Gasteiger partial charge >= 0.3 is 0 Å². The lowest BCUT2D eigenvalue weighted by Gasteiger charge is -2.45. The van der Waals surface area contributed by atoms with Crippen LogP contribution < -0.4 is 5.32 Å². The predicted molar refractivity (Wildman–Crippen MR) is 94.2 cm³/mol. The first-order chi connectivity index (χ1) is 10.4. The van der Waals surface area contributed by atoms with Gasteiger partial charge in [-0.3, -0.25) is 4.90 Å². The Kier molecular flexibility index (Phi) is 4.61. The van der Waals surface area contributed by atoms with Crippen molar-refractivity contribution in [2.24, 2.45) is 16.7 Å². The molecule has 1 aliphatic heterocycles. The molecule has 128 valence electrons. The third kappa shape index (κ3) is 2.85. The Balaban J connectivity index is 1.52. The van der Waals surface area contributed by atoms with Crippen LogP contribution in [-0.4, -0.2) is 61.2 Å². The maximum Gasteiger partial charge on any atom is 0.0193 e. The summed E-state index contributed by atoms with van der Waals surface area (Å²) in [5.74, 6) is 0.943. The number of hydrogen-bond acceptors (Lipinski definition) is 3. The first-order valence-corrected chi connectivity index (χ1v) is 9.56. The average Bonchev–Trinajstić information content (AvgIpc) is 2.98. The van der Waals surface area contributed by atoms with E-state index < -0.39 is 0 Å². The monoisotopic (exact) mass is 307 g/mol. The van der Waals surface area contributed by atoms with Gasteiger partial charge in [0, 0.05) is 44.8 Å². The number of piperazine rings is 1. The van der Waals surface area contributed by atoms with Crippen molar-refractivity contribution < 1.29 is 0 Å². The van der Waals surface area contributed by atoms with E-state index in [0.29, 0.717) is 22.9 Å². The summed E-state index contributed by atoms with van der Waals surface area (Å²) in [5, 5.41) is 4.01. The zero-order valence-corrected chi connectivity index (χ0v) is 15.5. The third-order valence-electron chi connectivity index (χ3n) is 7.36. The van der Waals surface area contributed by atoms with Gasteiger partial charge in [0.15, 0.2) is 0 Å². The number of fused-ring (bicyclic) bond motifs is 2. The summed E-state index contributed by atoms with van der Waals surface area (Å²) >= 11 is 0. The van der Waals surface area contributed by atoms with Gasteiger partial charge in [-0.1, -0.05) is 27.7 Å². The van der Waals surface area contributed by atoms with E-state index in [-0.39, 0.29) is 0 Å². The van der Waals surface area contributed by atoms with Crippen molar-refractivity contribution in [3.8, 4) is 0 Å². The minimum Gasteiger partial charge on any atom is -0.311 e. The highest BCUT2D eigenvalue weighted by Crippen LogP contribution is 2.62. The largest absolute Gasteiger partial charge is 0.311 e. The molecule has 3 aliphatic rings. The molecular weight excluding hydrogens is 270 g/mol. The summed E-state index contributed by atoms with van der Waals surface area (Å²) in [6.07, 6.45) is 4.33. The molecular formula is C19H37N3. The van der Waals surface area contributed by atoms with Crippen molar-refractivity contribution in [3.63, 3.8) is 0 Å². The third-order valence-corrected chi connectivity index (χ3v) is 7.36. The molecule has 1 saturated heterocycles. The second-order valence-corrected chi connectivity index (χ2v) is 9.08. The lowest BCUT2D eigenvalue weighted by Crippen LogP contribution is -2.56. The smallest absolute Gasteiger partial charge is 0.0193 e. The predicted octanol–water partition coefficient (Wildman–Crippen LogP) is 2.82. The number of hydrogen-bond donors (Lipinski definition) is 1. The lowest BCUT2D eigenvalue weighted by molar-refractivity contribution is 0.0793. The molecule has 22 heavy (non-hydrogen) atoms. The molecule has 0 amide bonds. The van der Waals surface area contributed by atoms with Crippen LogP contribution in [-0.2, 0) is 0 Å². The molecule has 3 nitrogen and oxygen atoms in total. The van der Waals surface area contributed by atoms with Crippen molar-refractivity contribution in [2.75, 3.05) is 39.3 Å². The zero-order valence-electron chi connectivity index (χ0n) is 15.5. The van der Waals surface area contributed by atoms with Gasteiger partial charge in [0.25, 0.3) is 0 Å². The summed E-state index contributed by atoms with van der Waals surface area (Å²) in [6.45, 7) is 19.6. The van der Waals surface area contributed by atoms with Crippen LogP contribution in [0.25, 0.3) is 0 Å². The van der Waals surface area contributed by atoms with Crippen LogP contribution in [0.4, 0.5) is 0 Å². The SMILES string of the molecule is CCN1CCN([C@H](C)CN[C@@H]2C(C)(C)[C@H]3CC[C@@]2(C)C3)CC1. The first-order valence-electron chi connectivity index (χ1n) is 9.56. The summed E-state index contributed by atoms with van der Waals surface area (Å²) in [7, 11) is 0. The van der Waals surface area contributed by atoms with Gasteiger partial charge < -0.3 is 10.2 Å². The Morgan fingerprint density at radius 3 is 2.36 bits per heavy atom. The number of nitrogens with one attached hydrogen (secondary N) is 1. The molecule has 0 spiro atoms. The number of nitrogens with zero attached hydrogens (tertiary/aromatic N) is 2. The molecule has 0 aromatic heterocycles. The first kappa shape index (κ1) is 16.7. The maximum absolute atomic E-state index is 4.01. The molecule has 3 rings (SSSR count). The van der Waals surface area contributed by atoms with E-state index in [1.165, 1.54) is 52.0 Å². The number of likely N-dealkylation sites (N-methyl/N-ethyl adjacent to an activating group) is 1. The van der Waals surface area contributed by atoms with Crippen molar-refractivity contribution in [3.05, 3.63) is 0 Å². The Labute approximate surface area is 137 Å². The minimum atomic E-state index is 0.480. The van der Waals surface area contributed by atoms with Crippen LogP contribution >= 0.6 is 0 Å². The summed E-state index contributed by atoms with van der Waals surface area (Å²) in [6, 6.07) is 1.37. The molecule has 3 heteroatoms. The molecule has 0 unspecified atom stereocenters. The van der Waals surface area contributed by atoms with Gasteiger partial charge in [-0.05, 0) is 49.5 Å². The van der Waals surface area contributed by atoms with Crippen LogP contribution in [0.5, 0.6) is 0 Å². The van der Waals surface area contributed by atoms with Crippen LogP contribution in [0.15, 0.2) is 0 Å². The van der Waals surface area contributed by atoms with E-state index in [2.05, 4.69) is 49.7 Å². The Morgan fingerprint density at radius 2 is 1.82 bits per heavy atom. The second kappa shape index (κ2) is 6.07. The highest BCUT2D eigenvalue weighted by Gasteiger charge is 2.58. The van der Waals surface area contributed by atoms with Crippen molar-refractivity contribution >= 4 is 0 Å². The molecule has 1 N–H and O–H groups in total. The minimum absolute atomic E-state index is 0.480. The quantitative estimate of drug-likeness (QED) is 0.842. The van der Waals surface area contributed by atoms with Gasteiger partial charge in [-0.2, -0.15) is 0 Å². The van der Waals surface area contributed by atoms with E-state index in [0.717, 1.165) is 12.5 Å². The highest BCUT2D eigenvalue weighted by molar-refractivity contribution is 5.12. The fourth-order valence-electron chi connectivity index (χ4n) is 5.75. The van der Waals surface area contributed by atoms with E-state index in [1.54, 1.807) is 0 Å². The average molecular weight is 308 g/mol. The molecule has 0 aromatic carbocycles. The molecule has 2 bridgehead atoms. The zero-order chi connectivity index (χ0) is 16.0. The van der Waals surface area contributed by atoms with E-state index in [1.807, 2.05) is 0 Å². The summed E-state index contributed by atoms with van der Waals surface area (Å²) < 4.78 is 0. The Hall–Kier alpha value is -0.120. The van der Waals surface area contributed by atoms with Crippen LogP contribution in [0, 0.1) is 16.7 Å². The molecule has 0 radical (unpaired) electrons. The molecule has 2 saturated carbocycles. The van der Waals surface area contributed by atoms with Crippen LogP contribution in [0.2, 0.25) is 0 Å². The van der Waals surface area contributed by atoms with E-state index in [4.69, 9.17) is 0 Å². The summed E-state index contributed by atoms with van der Waals surface area (Å²) in [4.78, 5) is 5.25. The molecule has 2 aliphatic carbocycles. The maximum atomic E-state index is 4.01. The lowest BCUT2D eigenvalue weighted by atomic mass is 9.68. The van der Waals surface area contributed by atoms with E-state index >= 15 is 0 Å². The highest BCUT2D eigenvalue weighted by atomic mass is 15.3. The van der Waals surface area contributed by atoms with Gasteiger partial charge in [0.2, 0.25) is 0 Å². The van der Waals surface area contributed by atoms with Crippen LogP contribution in [0.3, 0.4) is 0 Å². The number of rotatable bonds is 5. The topological polar surface area (TPSA) is 18.5 Å². The fraction of sp³-hybridized carbons (Fsp3) is 1.00. The van der Waals surface area contributed by atoms with Gasteiger partial charge in [0.1, 0.15) is 0 Å². The van der Waals surface area contributed by atoms with Gasteiger partial charge in [0.05, 0.1) is 0 Å². The molecule has 1 heterocycles. The van der Waals surface area contributed by atoms with Crippen molar-refractivity contribution in [1.82, 2.24) is 15.1 Å². The fourth-order valence-corrected chi connectivity index (χ4v) is 5.75. The van der Waals surface area contributed by atoms with Gasteiger partial charge in [-0.15, -0.1) is 0 Å². The Morgan fingerprint density at radius 1 is 1.14 bits per heavy atom. The normalized spacial score (nSPS) is 40.2. The van der Waals surface area contributed by atoms with Crippen LogP contribution in [0.1, 0.15) is 53.9 Å². The second-order valence-electron chi connectivity index (χ2n) is 9.08.